The maximum atomic E-state index is 10.3. The molecule has 1 saturated heterocycles. The number of hydrogen-bond donors (Lipinski definition) is 1. The topological polar surface area (TPSA) is 48.8 Å². The van der Waals surface area contributed by atoms with Gasteiger partial charge in [-0.25, -0.2) is 4.98 Å². The third-order valence-electron chi connectivity index (χ3n) is 4.80. The molecule has 0 radical (unpaired) electrons. The van der Waals surface area contributed by atoms with Gasteiger partial charge in [-0.15, -0.1) is 0 Å². The number of anilines is 1. The summed E-state index contributed by atoms with van der Waals surface area (Å²) in [6, 6.07) is 14.1. The van der Waals surface area contributed by atoms with Crippen LogP contribution in [0.25, 0.3) is 0 Å². The van der Waals surface area contributed by atoms with Crippen LogP contribution < -0.4 is 22.0 Å². The molecule has 1 aromatic carbocycles. The molecule has 2 heterocycles. The van der Waals surface area contributed by atoms with E-state index in [-0.39, 0.29) is 12.4 Å². The molecular formula is C21H29ClN3O2-. The van der Waals surface area contributed by atoms with Crippen molar-refractivity contribution in [1.82, 2.24) is 9.88 Å². The Morgan fingerprint density at radius 2 is 1.74 bits per heavy atom. The van der Waals surface area contributed by atoms with Crippen molar-refractivity contribution in [2.45, 2.75) is 25.9 Å². The van der Waals surface area contributed by atoms with E-state index in [1.54, 1.807) is 0 Å². The van der Waals surface area contributed by atoms with Crippen LogP contribution >= 0.6 is 0 Å². The van der Waals surface area contributed by atoms with E-state index in [0.717, 1.165) is 37.7 Å². The summed E-state index contributed by atoms with van der Waals surface area (Å²) in [6.07, 6.45) is 1.34. The number of halogens is 1. The molecule has 1 fully saturated rings. The van der Waals surface area contributed by atoms with Gasteiger partial charge in [0.15, 0.2) is 0 Å². The smallest absolute Gasteiger partial charge is 0.128 e. The normalized spacial score (nSPS) is 16.1. The number of ether oxygens (including phenoxy) is 1. The average molecular weight is 391 g/mol. The first-order chi connectivity index (χ1) is 12.6. The van der Waals surface area contributed by atoms with E-state index < -0.39 is 6.10 Å². The highest BCUT2D eigenvalue weighted by Crippen LogP contribution is 2.19. The number of aliphatic hydroxyl groups excluding tert-OH is 1. The first-order valence-corrected chi connectivity index (χ1v) is 9.41. The van der Waals surface area contributed by atoms with Crippen LogP contribution in [0.5, 0.6) is 5.75 Å². The highest BCUT2D eigenvalue weighted by atomic mass is 35.5. The van der Waals surface area contributed by atoms with E-state index >= 15 is 0 Å². The maximum absolute atomic E-state index is 10.3. The largest absolute Gasteiger partial charge is 1.00 e. The summed E-state index contributed by atoms with van der Waals surface area (Å²) in [6.45, 7) is 9.03. The SMILES string of the molecule is CC(C)c1ccc(OCC(O)CN2CCN(c3ccccn3)CC2)cc1.[Cl-]. The van der Waals surface area contributed by atoms with Gasteiger partial charge in [-0.05, 0) is 35.7 Å². The fourth-order valence-electron chi connectivity index (χ4n) is 3.19. The quantitative estimate of drug-likeness (QED) is 0.707. The van der Waals surface area contributed by atoms with Crippen molar-refractivity contribution in [3.63, 3.8) is 0 Å². The van der Waals surface area contributed by atoms with Gasteiger partial charge in [0.1, 0.15) is 24.3 Å². The summed E-state index contributed by atoms with van der Waals surface area (Å²) in [5, 5.41) is 10.3. The van der Waals surface area contributed by atoms with E-state index in [2.05, 4.69) is 40.8 Å². The first-order valence-electron chi connectivity index (χ1n) is 9.41. The van der Waals surface area contributed by atoms with Gasteiger partial charge in [0.25, 0.3) is 0 Å². The Labute approximate surface area is 168 Å². The molecule has 0 saturated carbocycles. The van der Waals surface area contributed by atoms with Gasteiger partial charge in [-0.1, -0.05) is 32.0 Å². The van der Waals surface area contributed by atoms with Crippen LogP contribution in [0, 0.1) is 0 Å². The van der Waals surface area contributed by atoms with Crippen LogP contribution in [0.15, 0.2) is 48.7 Å². The first kappa shape index (κ1) is 21.5. The van der Waals surface area contributed by atoms with E-state index in [4.69, 9.17) is 4.74 Å². The molecule has 3 rings (SSSR count). The second kappa shape index (κ2) is 10.5. The predicted octanol–water partition coefficient (Wildman–Crippen LogP) is -0.229. The molecule has 0 amide bonds. The minimum absolute atomic E-state index is 0. The summed E-state index contributed by atoms with van der Waals surface area (Å²) in [5.41, 5.74) is 1.30. The lowest BCUT2D eigenvalue weighted by atomic mass is 10.0. The summed E-state index contributed by atoms with van der Waals surface area (Å²) >= 11 is 0. The van der Waals surface area contributed by atoms with Gasteiger partial charge in [0.2, 0.25) is 0 Å². The summed E-state index contributed by atoms with van der Waals surface area (Å²) in [4.78, 5) is 8.98. The van der Waals surface area contributed by atoms with Crippen molar-refractivity contribution in [3.8, 4) is 5.75 Å². The fraction of sp³-hybridized carbons (Fsp3) is 0.476. The molecule has 0 spiro atoms. The molecule has 1 N–H and O–H groups in total. The predicted molar refractivity (Wildman–Crippen MR) is 105 cm³/mol. The Balaban J connectivity index is 0.00000261. The zero-order valence-corrected chi connectivity index (χ0v) is 16.8. The Hall–Kier alpha value is -1.82. The molecule has 1 aliphatic heterocycles. The Morgan fingerprint density at radius 3 is 2.33 bits per heavy atom. The molecule has 6 heteroatoms. The molecular weight excluding hydrogens is 362 g/mol. The Kier molecular flexibility index (Phi) is 8.35. The molecule has 1 atom stereocenters. The van der Waals surface area contributed by atoms with Crippen molar-refractivity contribution in [1.29, 1.82) is 0 Å². The molecule has 1 aliphatic rings. The maximum Gasteiger partial charge on any atom is 0.128 e. The molecule has 148 valence electrons. The van der Waals surface area contributed by atoms with Crippen molar-refractivity contribution < 1.29 is 22.3 Å². The van der Waals surface area contributed by atoms with Crippen molar-refractivity contribution >= 4 is 5.82 Å². The van der Waals surface area contributed by atoms with Crippen LogP contribution in [0.1, 0.15) is 25.3 Å². The summed E-state index contributed by atoms with van der Waals surface area (Å²) < 4.78 is 5.74. The number of aliphatic hydroxyl groups is 1. The summed E-state index contributed by atoms with van der Waals surface area (Å²) in [5.74, 6) is 2.36. The van der Waals surface area contributed by atoms with Gasteiger partial charge in [-0.2, -0.15) is 0 Å². The lowest BCUT2D eigenvalue weighted by Crippen LogP contribution is -3.00. The lowest BCUT2D eigenvalue weighted by Gasteiger charge is -2.36. The Morgan fingerprint density at radius 1 is 1.04 bits per heavy atom. The second-order valence-electron chi connectivity index (χ2n) is 7.16. The number of hydrogen-bond acceptors (Lipinski definition) is 5. The molecule has 0 aliphatic carbocycles. The van der Waals surface area contributed by atoms with Crippen LogP contribution in [-0.2, 0) is 0 Å². The monoisotopic (exact) mass is 390 g/mol. The van der Waals surface area contributed by atoms with E-state index in [1.165, 1.54) is 5.56 Å². The van der Waals surface area contributed by atoms with Gasteiger partial charge >= 0.3 is 0 Å². The minimum atomic E-state index is -0.485. The zero-order chi connectivity index (χ0) is 18.4. The number of benzene rings is 1. The van der Waals surface area contributed by atoms with Crippen molar-refractivity contribution in [2.75, 3.05) is 44.2 Å². The molecule has 1 unspecified atom stereocenters. The van der Waals surface area contributed by atoms with E-state index in [9.17, 15) is 5.11 Å². The Bertz CT molecular complexity index is 659. The highest BCUT2D eigenvalue weighted by Gasteiger charge is 2.20. The third kappa shape index (κ3) is 6.38. The number of rotatable bonds is 7. The average Bonchev–Trinajstić information content (AvgIpc) is 2.68. The second-order valence-corrected chi connectivity index (χ2v) is 7.16. The number of β-amino-alcohol motifs (C(OH)–C–C–N with tert-alkyl or cyclic N) is 1. The number of piperazine rings is 1. The summed E-state index contributed by atoms with van der Waals surface area (Å²) in [7, 11) is 0. The van der Waals surface area contributed by atoms with Gasteiger partial charge in [0.05, 0.1) is 0 Å². The van der Waals surface area contributed by atoms with Gasteiger partial charge in [0, 0.05) is 38.9 Å². The molecule has 2 aromatic rings. The van der Waals surface area contributed by atoms with Crippen LogP contribution in [0.3, 0.4) is 0 Å². The van der Waals surface area contributed by atoms with E-state index in [0.29, 0.717) is 19.1 Å². The standard InChI is InChI=1S/C21H29N3O2.ClH/c1-17(2)18-6-8-20(9-7-18)26-16-19(25)15-23-11-13-24(14-12-23)21-5-3-4-10-22-21;/h3-10,17,19,25H,11-16H2,1-2H3;1H/p-1. The van der Waals surface area contributed by atoms with Crippen molar-refractivity contribution in [3.05, 3.63) is 54.2 Å². The van der Waals surface area contributed by atoms with Gasteiger partial charge < -0.3 is 27.2 Å². The van der Waals surface area contributed by atoms with Gasteiger partial charge in [-0.3, -0.25) is 4.90 Å². The van der Waals surface area contributed by atoms with Crippen LogP contribution in [-0.4, -0.2) is 60.4 Å². The number of pyridine rings is 1. The molecule has 0 bridgehead atoms. The third-order valence-corrected chi connectivity index (χ3v) is 4.80. The fourth-order valence-corrected chi connectivity index (χ4v) is 3.19. The molecule has 5 nitrogen and oxygen atoms in total. The molecule has 27 heavy (non-hydrogen) atoms. The van der Waals surface area contributed by atoms with Crippen LogP contribution in [0.4, 0.5) is 5.82 Å². The number of aromatic nitrogens is 1. The molecule has 1 aromatic heterocycles. The van der Waals surface area contributed by atoms with Crippen molar-refractivity contribution in [2.24, 2.45) is 0 Å². The number of nitrogens with zero attached hydrogens (tertiary/aromatic N) is 3. The zero-order valence-electron chi connectivity index (χ0n) is 16.1. The van der Waals surface area contributed by atoms with Crippen LogP contribution in [0.2, 0.25) is 0 Å². The minimum Gasteiger partial charge on any atom is -1.00 e. The highest BCUT2D eigenvalue weighted by molar-refractivity contribution is 5.38. The van der Waals surface area contributed by atoms with E-state index in [1.807, 2.05) is 36.5 Å². The lowest BCUT2D eigenvalue weighted by molar-refractivity contribution is -0.00000778.